The van der Waals surface area contributed by atoms with Gasteiger partial charge in [-0.2, -0.15) is 0 Å². The van der Waals surface area contributed by atoms with Crippen LogP contribution in [0, 0.1) is 20.8 Å². The van der Waals surface area contributed by atoms with Gasteiger partial charge in [-0.3, -0.25) is 20.4 Å². The highest BCUT2D eigenvalue weighted by Crippen LogP contribution is 2.15. The molecule has 1 aromatic heterocycles. The summed E-state index contributed by atoms with van der Waals surface area (Å²) in [6, 6.07) is 10.8. The Bertz CT molecular complexity index is 709. The zero-order chi connectivity index (χ0) is 16.8. The second-order valence-corrected chi connectivity index (χ2v) is 5.28. The van der Waals surface area contributed by atoms with E-state index >= 15 is 0 Å². The first-order chi connectivity index (χ1) is 10.9. The van der Waals surface area contributed by atoms with Gasteiger partial charge in [0.15, 0.2) is 6.61 Å². The predicted molar refractivity (Wildman–Crippen MR) is 86.0 cm³/mol. The number of pyridine rings is 1. The van der Waals surface area contributed by atoms with Gasteiger partial charge in [0.05, 0.1) is 0 Å². The molecule has 23 heavy (non-hydrogen) atoms. The third-order valence-electron chi connectivity index (χ3n) is 3.00. The van der Waals surface area contributed by atoms with E-state index in [4.69, 9.17) is 4.74 Å². The number of benzene rings is 1. The van der Waals surface area contributed by atoms with Crippen LogP contribution in [-0.2, 0) is 4.79 Å². The molecular formula is C17H19N3O3. The molecule has 0 bridgehead atoms. The summed E-state index contributed by atoms with van der Waals surface area (Å²) >= 11 is 0. The lowest BCUT2D eigenvalue weighted by Crippen LogP contribution is -2.44. The molecule has 1 aromatic carbocycles. The largest absolute Gasteiger partial charge is 0.484 e. The van der Waals surface area contributed by atoms with Crippen molar-refractivity contribution in [3.05, 3.63) is 58.9 Å². The van der Waals surface area contributed by atoms with Gasteiger partial charge in [0.2, 0.25) is 0 Å². The molecule has 2 amide bonds. The molecule has 6 nitrogen and oxygen atoms in total. The van der Waals surface area contributed by atoms with Crippen LogP contribution in [0.3, 0.4) is 0 Å². The number of ether oxygens (including phenoxy) is 1. The Morgan fingerprint density at radius 3 is 2.39 bits per heavy atom. The Morgan fingerprint density at radius 2 is 1.74 bits per heavy atom. The highest BCUT2D eigenvalue weighted by atomic mass is 16.5. The Hall–Kier alpha value is -2.89. The van der Waals surface area contributed by atoms with Gasteiger partial charge in [-0.25, -0.2) is 4.98 Å². The van der Waals surface area contributed by atoms with E-state index in [2.05, 4.69) is 15.8 Å². The van der Waals surface area contributed by atoms with Gasteiger partial charge in [-0.1, -0.05) is 12.1 Å². The SMILES string of the molecule is Cc1cc(C)cc(OCC(=O)NNC(=O)c2cccc(C)n2)c1. The van der Waals surface area contributed by atoms with E-state index in [-0.39, 0.29) is 12.3 Å². The van der Waals surface area contributed by atoms with Gasteiger partial charge in [0.1, 0.15) is 11.4 Å². The van der Waals surface area contributed by atoms with E-state index < -0.39 is 11.8 Å². The van der Waals surface area contributed by atoms with Gasteiger partial charge >= 0.3 is 0 Å². The van der Waals surface area contributed by atoms with Gasteiger partial charge < -0.3 is 4.74 Å². The summed E-state index contributed by atoms with van der Waals surface area (Å²) in [5.74, 6) is -0.317. The molecule has 0 aliphatic rings. The minimum absolute atomic E-state index is 0.190. The number of nitrogens with one attached hydrogen (secondary N) is 2. The van der Waals surface area contributed by atoms with Crippen LogP contribution in [0.1, 0.15) is 27.3 Å². The standard InChI is InChI=1S/C17H19N3O3/c1-11-7-12(2)9-14(8-11)23-10-16(21)19-20-17(22)15-6-4-5-13(3)18-15/h4-9H,10H2,1-3H3,(H,19,21)(H,20,22). The van der Waals surface area contributed by atoms with Crippen LogP contribution in [0.25, 0.3) is 0 Å². The highest BCUT2D eigenvalue weighted by Gasteiger charge is 2.09. The number of nitrogens with zero attached hydrogens (tertiary/aromatic N) is 1. The van der Waals surface area contributed by atoms with Gasteiger partial charge in [0.25, 0.3) is 11.8 Å². The Kier molecular flexibility index (Phi) is 5.30. The van der Waals surface area contributed by atoms with Gasteiger partial charge in [-0.05, 0) is 56.2 Å². The zero-order valence-corrected chi connectivity index (χ0v) is 13.3. The molecule has 2 aromatic rings. The quantitative estimate of drug-likeness (QED) is 0.844. The monoisotopic (exact) mass is 313 g/mol. The first kappa shape index (κ1) is 16.5. The number of carbonyl (C=O) groups is 2. The fourth-order valence-corrected chi connectivity index (χ4v) is 2.06. The molecular weight excluding hydrogens is 294 g/mol. The van der Waals surface area contributed by atoms with Crippen LogP contribution >= 0.6 is 0 Å². The predicted octanol–water partition coefficient (Wildman–Crippen LogP) is 1.85. The van der Waals surface area contributed by atoms with Crippen LogP contribution < -0.4 is 15.6 Å². The van der Waals surface area contributed by atoms with Crippen LogP contribution in [0.15, 0.2) is 36.4 Å². The van der Waals surface area contributed by atoms with Crippen molar-refractivity contribution in [2.24, 2.45) is 0 Å². The first-order valence-corrected chi connectivity index (χ1v) is 7.18. The number of aromatic nitrogens is 1. The van der Waals surface area contributed by atoms with Crippen molar-refractivity contribution in [3.8, 4) is 5.75 Å². The molecule has 0 spiro atoms. The van der Waals surface area contributed by atoms with E-state index in [0.29, 0.717) is 5.75 Å². The highest BCUT2D eigenvalue weighted by molar-refractivity contribution is 5.93. The zero-order valence-electron chi connectivity index (χ0n) is 13.3. The minimum atomic E-state index is -0.478. The number of hydrazine groups is 1. The van der Waals surface area contributed by atoms with E-state index in [0.717, 1.165) is 16.8 Å². The summed E-state index contributed by atoms with van der Waals surface area (Å²) in [6.07, 6.45) is 0. The number of aryl methyl sites for hydroxylation is 3. The Labute approximate surface area is 134 Å². The maximum Gasteiger partial charge on any atom is 0.288 e. The van der Waals surface area contributed by atoms with Crippen LogP contribution in [0.2, 0.25) is 0 Å². The smallest absolute Gasteiger partial charge is 0.288 e. The second-order valence-electron chi connectivity index (χ2n) is 5.28. The van der Waals surface area contributed by atoms with Crippen molar-refractivity contribution in [1.82, 2.24) is 15.8 Å². The van der Waals surface area contributed by atoms with Gasteiger partial charge in [-0.15, -0.1) is 0 Å². The Morgan fingerprint density at radius 1 is 1.04 bits per heavy atom. The third kappa shape index (κ3) is 5.10. The molecule has 0 atom stereocenters. The summed E-state index contributed by atoms with van der Waals surface area (Å²) in [5.41, 5.74) is 7.67. The Balaban J connectivity index is 1.82. The summed E-state index contributed by atoms with van der Waals surface area (Å²) in [6.45, 7) is 5.50. The molecule has 0 radical (unpaired) electrons. The fraction of sp³-hybridized carbons (Fsp3) is 0.235. The molecule has 0 unspecified atom stereocenters. The third-order valence-corrected chi connectivity index (χ3v) is 3.00. The average molecular weight is 313 g/mol. The number of hydrogen-bond acceptors (Lipinski definition) is 4. The lowest BCUT2D eigenvalue weighted by Gasteiger charge is -2.10. The molecule has 0 aliphatic heterocycles. The lowest BCUT2D eigenvalue weighted by molar-refractivity contribution is -0.123. The fourth-order valence-electron chi connectivity index (χ4n) is 2.06. The number of hydrogen-bond donors (Lipinski definition) is 2. The van der Waals surface area contributed by atoms with Crippen molar-refractivity contribution >= 4 is 11.8 Å². The second kappa shape index (κ2) is 7.40. The average Bonchev–Trinajstić information content (AvgIpc) is 2.49. The first-order valence-electron chi connectivity index (χ1n) is 7.18. The molecule has 120 valence electrons. The molecule has 0 saturated carbocycles. The van der Waals surface area contributed by atoms with E-state index in [1.165, 1.54) is 0 Å². The van der Waals surface area contributed by atoms with E-state index in [1.54, 1.807) is 25.1 Å². The summed E-state index contributed by atoms with van der Waals surface area (Å²) in [4.78, 5) is 27.6. The molecule has 0 fully saturated rings. The summed E-state index contributed by atoms with van der Waals surface area (Å²) in [5, 5.41) is 0. The van der Waals surface area contributed by atoms with Gasteiger partial charge in [0, 0.05) is 5.69 Å². The maximum absolute atomic E-state index is 11.8. The number of carbonyl (C=O) groups excluding carboxylic acids is 2. The van der Waals surface area contributed by atoms with Crippen molar-refractivity contribution in [3.63, 3.8) is 0 Å². The minimum Gasteiger partial charge on any atom is -0.484 e. The summed E-state index contributed by atoms with van der Waals surface area (Å²) < 4.78 is 5.41. The van der Waals surface area contributed by atoms with Crippen LogP contribution in [-0.4, -0.2) is 23.4 Å². The number of amides is 2. The van der Waals surface area contributed by atoms with E-state index in [9.17, 15) is 9.59 Å². The van der Waals surface area contributed by atoms with Crippen molar-refractivity contribution in [2.45, 2.75) is 20.8 Å². The normalized spacial score (nSPS) is 10.0. The van der Waals surface area contributed by atoms with Crippen molar-refractivity contribution in [2.75, 3.05) is 6.61 Å². The molecule has 6 heteroatoms. The molecule has 0 aliphatic carbocycles. The number of rotatable bonds is 4. The van der Waals surface area contributed by atoms with Crippen molar-refractivity contribution < 1.29 is 14.3 Å². The van der Waals surface area contributed by atoms with E-state index in [1.807, 2.05) is 32.0 Å². The molecule has 2 N–H and O–H groups in total. The molecule has 0 saturated heterocycles. The van der Waals surface area contributed by atoms with Crippen LogP contribution in [0.5, 0.6) is 5.75 Å². The molecule has 2 rings (SSSR count). The summed E-state index contributed by atoms with van der Waals surface area (Å²) in [7, 11) is 0. The molecule has 1 heterocycles. The lowest BCUT2D eigenvalue weighted by atomic mass is 10.1. The maximum atomic E-state index is 11.8. The van der Waals surface area contributed by atoms with Crippen molar-refractivity contribution in [1.29, 1.82) is 0 Å². The van der Waals surface area contributed by atoms with Crippen LogP contribution in [0.4, 0.5) is 0 Å². The topological polar surface area (TPSA) is 80.3 Å².